The number of carbonyl (C=O) groups is 1. The monoisotopic (exact) mass is 256 g/mol. The number of carboxylic acid groups (broad SMARTS) is 1. The van der Waals surface area contributed by atoms with E-state index in [1.807, 2.05) is 19.1 Å². The summed E-state index contributed by atoms with van der Waals surface area (Å²) in [5.74, 6) is -0.143. The third-order valence-corrected chi connectivity index (χ3v) is 4.52. The first-order valence-electron chi connectivity index (χ1n) is 5.32. The van der Waals surface area contributed by atoms with Crippen LogP contribution in [0.3, 0.4) is 0 Å². The summed E-state index contributed by atoms with van der Waals surface area (Å²) in [6, 6.07) is 3.69. The van der Waals surface area contributed by atoms with Crippen molar-refractivity contribution in [2.45, 2.75) is 30.6 Å². The number of aliphatic carboxylic acids is 1. The number of rotatable bonds is 3. The molecule has 0 aliphatic carbocycles. The predicted molar refractivity (Wildman–Crippen MR) is 66.5 cm³/mol. The zero-order valence-electron chi connectivity index (χ0n) is 9.00. The van der Waals surface area contributed by atoms with Gasteiger partial charge in [-0.05, 0) is 30.0 Å². The van der Waals surface area contributed by atoms with Crippen molar-refractivity contribution in [2.24, 2.45) is 0 Å². The molecule has 0 spiro atoms. The number of hydrogen-bond acceptors (Lipinski definition) is 2. The zero-order valence-corrected chi connectivity index (χ0v) is 10.6. The van der Waals surface area contributed by atoms with E-state index in [1.165, 1.54) is 0 Å². The summed E-state index contributed by atoms with van der Waals surface area (Å²) in [4.78, 5) is 12.3. The van der Waals surface area contributed by atoms with Gasteiger partial charge in [-0.2, -0.15) is 0 Å². The molecule has 16 heavy (non-hydrogen) atoms. The molecule has 1 aliphatic rings. The van der Waals surface area contributed by atoms with Crippen molar-refractivity contribution in [1.29, 1.82) is 0 Å². The van der Waals surface area contributed by atoms with Gasteiger partial charge in [0.1, 0.15) is 0 Å². The predicted octanol–water partition coefficient (Wildman–Crippen LogP) is 3.57. The lowest BCUT2D eigenvalue weighted by Gasteiger charge is -2.15. The van der Waals surface area contributed by atoms with Gasteiger partial charge in [0.2, 0.25) is 0 Å². The molecule has 86 valence electrons. The Morgan fingerprint density at radius 3 is 3.00 bits per heavy atom. The first kappa shape index (κ1) is 11.8. The minimum atomic E-state index is -0.746. The summed E-state index contributed by atoms with van der Waals surface area (Å²) in [5, 5.41) is 9.94. The smallest absolute Gasteiger partial charge is 0.310 e. The average Bonchev–Trinajstić information content (AvgIpc) is 2.71. The Morgan fingerprint density at radius 2 is 2.38 bits per heavy atom. The highest BCUT2D eigenvalue weighted by molar-refractivity contribution is 7.99. The SMILES string of the molecule is CC[C@@H](C(=O)O)c1ccc(Cl)c2c1CCS2. The first-order chi connectivity index (χ1) is 7.65. The van der Waals surface area contributed by atoms with E-state index in [0.29, 0.717) is 6.42 Å². The van der Waals surface area contributed by atoms with Crippen molar-refractivity contribution in [2.75, 3.05) is 5.75 Å². The van der Waals surface area contributed by atoms with Crippen LogP contribution in [0.4, 0.5) is 0 Å². The largest absolute Gasteiger partial charge is 0.481 e. The fraction of sp³-hybridized carbons (Fsp3) is 0.417. The lowest BCUT2D eigenvalue weighted by molar-refractivity contribution is -0.138. The summed E-state index contributed by atoms with van der Waals surface area (Å²) in [6.45, 7) is 1.90. The van der Waals surface area contributed by atoms with E-state index in [4.69, 9.17) is 11.6 Å². The second-order valence-corrected chi connectivity index (χ2v) is 5.35. The van der Waals surface area contributed by atoms with Gasteiger partial charge < -0.3 is 5.11 Å². The van der Waals surface area contributed by atoms with Crippen LogP contribution >= 0.6 is 23.4 Å². The Hall–Kier alpha value is -0.670. The van der Waals surface area contributed by atoms with E-state index in [-0.39, 0.29) is 0 Å². The summed E-state index contributed by atoms with van der Waals surface area (Å²) < 4.78 is 0. The van der Waals surface area contributed by atoms with Gasteiger partial charge in [-0.1, -0.05) is 24.6 Å². The Labute approximate surface area is 104 Å². The molecule has 1 aliphatic heterocycles. The zero-order chi connectivity index (χ0) is 11.7. The fourth-order valence-corrected chi connectivity index (χ4v) is 3.59. The second-order valence-electron chi connectivity index (χ2n) is 3.84. The van der Waals surface area contributed by atoms with Crippen LogP contribution < -0.4 is 0 Å². The van der Waals surface area contributed by atoms with Gasteiger partial charge >= 0.3 is 5.97 Å². The maximum Gasteiger partial charge on any atom is 0.310 e. The Balaban J connectivity index is 2.50. The molecule has 0 fully saturated rings. The minimum Gasteiger partial charge on any atom is -0.481 e. The third-order valence-electron chi connectivity index (χ3n) is 2.93. The van der Waals surface area contributed by atoms with Gasteiger partial charge in [0, 0.05) is 10.6 Å². The van der Waals surface area contributed by atoms with E-state index in [2.05, 4.69) is 0 Å². The molecule has 2 nitrogen and oxygen atoms in total. The summed E-state index contributed by atoms with van der Waals surface area (Å²) in [6.07, 6.45) is 1.55. The lowest BCUT2D eigenvalue weighted by atomic mass is 9.91. The number of carboxylic acids is 1. The van der Waals surface area contributed by atoms with Crippen molar-refractivity contribution in [3.05, 3.63) is 28.3 Å². The van der Waals surface area contributed by atoms with Crippen molar-refractivity contribution >= 4 is 29.3 Å². The summed E-state index contributed by atoms with van der Waals surface area (Å²) in [5.41, 5.74) is 2.09. The topological polar surface area (TPSA) is 37.3 Å². The molecule has 1 N–H and O–H groups in total. The van der Waals surface area contributed by atoms with Crippen molar-refractivity contribution in [1.82, 2.24) is 0 Å². The highest BCUT2D eigenvalue weighted by Gasteiger charge is 2.26. The fourth-order valence-electron chi connectivity index (χ4n) is 2.14. The van der Waals surface area contributed by atoms with E-state index in [1.54, 1.807) is 11.8 Å². The average molecular weight is 257 g/mol. The number of thioether (sulfide) groups is 1. The number of fused-ring (bicyclic) bond motifs is 1. The van der Waals surface area contributed by atoms with Crippen LogP contribution in [0.25, 0.3) is 0 Å². The van der Waals surface area contributed by atoms with E-state index in [0.717, 1.165) is 33.2 Å². The molecule has 1 aromatic carbocycles. The molecule has 0 saturated heterocycles. The maximum absolute atomic E-state index is 11.2. The summed E-state index contributed by atoms with van der Waals surface area (Å²) in [7, 11) is 0. The van der Waals surface area contributed by atoms with Gasteiger partial charge in [-0.15, -0.1) is 11.8 Å². The molecule has 1 aromatic rings. The first-order valence-corrected chi connectivity index (χ1v) is 6.68. The number of hydrogen-bond donors (Lipinski definition) is 1. The molecule has 4 heteroatoms. The van der Waals surface area contributed by atoms with Crippen LogP contribution in [0.5, 0.6) is 0 Å². The van der Waals surface area contributed by atoms with Crippen LogP contribution in [-0.4, -0.2) is 16.8 Å². The van der Waals surface area contributed by atoms with Gasteiger partial charge in [-0.25, -0.2) is 0 Å². The van der Waals surface area contributed by atoms with Crippen LogP contribution in [0, 0.1) is 0 Å². The standard InChI is InChI=1S/C12H13ClO2S/c1-2-7(12(14)15)8-3-4-10(13)11-9(8)5-6-16-11/h3-4,7H,2,5-6H2,1H3,(H,14,15)/t7-/m1/s1. The molecule has 0 aromatic heterocycles. The molecule has 0 amide bonds. The number of halogens is 1. The Bertz CT molecular complexity index is 431. The van der Waals surface area contributed by atoms with Crippen molar-refractivity contribution in [3.63, 3.8) is 0 Å². The molecule has 0 saturated carbocycles. The van der Waals surface area contributed by atoms with E-state index in [9.17, 15) is 9.90 Å². The maximum atomic E-state index is 11.2. The van der Waals surface area contributed by atoms with Crippen molar-refractivity contribution < 1.29 is 9.90 Å². The molecule has 1 atom stereocenters. The third kappa shape index (κ3) is 1.94. The molecule has 2 rings (SSSR count). The molecule has 0 radical (unpaired) electrons. The molecular weight excluding hydrogens is 244 g/mol. The molecule has 0 unspecified atom stereocenters. The second kappa shape index (κ2) is 4.68. The molecule has 1 heterocycles. The van der Waals surface area contributed by atoms with Crippen LogP contribution in [-0.2, 0) is 11.2 Å². The molecule has 0 bridgehead atoms. The highest BCUT2D eigenvalue weighted by atomic mass is 35.5. The Morgan fingerprint density at radius 1 is 1.62 bits per heavy atom. The van der Waals surface area contributed by atoms with Crippen LogP contribution in [0.1, 0.15) is 30.4 Å². The quantitative estimate of drug-likeness (QED) is 0.898. The van der Waals surface area contributed by atoms with Crippen molar-refractivity contribution in [3.8, 4) is 0 Å². The normalized spacial score (nSPS) is 15.9. The van der Waals surface area contributed by atoms with Gasteiger partial charge in [-0.3, -0.25) is 4.79 Å². The summed E-state index contributed by atoms with van der Waals surface area (Å²) >= 11 is 7.82. The minimum absolute atomic E-state index is 0.398. The van der Waals surface area contributed by atoms with Crippen LogP contribution in [0.15, 0.2) is 17.0 Å². The number of benzene rings is 1. The molecular formula is C12H13ClO2S. The van der Waals surface area contributed by atoms with E-state index < -0.39 is 11.9 Å². The van der Waals surface area contributed by atoms with Gasteiger partial charge in [0.15, 0.2) is 0 Å². The Kier molecular flexibility index (Phi) is 3.45. The van der Waals surface area contributed by atoms with Gasteiger partial charge in [0.05, 0.1) is 10.9 Å². The lowest BCUT2D eigenvalue weighted by Crippen LogP contribution is -2.12. The van der Waals surface area contributed by atoms with Gasteiger partial charge in [0.25, 0.3) is 0 Å². The van der Waals surface area contributed by atoms with Crippen LogP contribution in [0.2, 0.25) is 5.02 Å². The van der Waals surface area contributed by atoms with E-state index >= 15 is 0 Å². The highest BCUT2D eigenvalue weighted by Crippen LogP contribution is 2.41.